The zero-order valence-electron chi connectivity index (χ0n) is 9.40. The molecule has 0 amide bonds. The highest BCUT2D eigenvalue weighted by Gasteiger charge is 2.22. The van der Waals surface area contributed by atoms with Crippen molar-refractivity contribution in [3.63, 3.8) is 0 Å². The highest BCUT2D eigenvalue weighted by atomic mass is 35.5. The Hall–Kier alpha value is -1.42. The van der Waals surface area contributed by atoms with E-state index < -0.39 is 0 Å². The topological polar surface area (TPSA) is 68.3 Å². The molecule has 1 aliphatic rings. The van der Waals surface area contributed by atoms with E-state index in [1.54, 1.807) is 12.3 Å². The monoisotopic (exact) mass is 251 g/mol. The number of Topliss-reactive ketones (excluding diaryl/α,β-unsaturated/α-hetero) is 1. The van der Waals surface area contributed by atoms with Gasteiger partial charge in [-0.1, -0.05) is 11.6 Å². The summed E-state index contributed by atoms with van der Waals surface area (Å²) in [5.74, 6) is 1.19. The summed E-state index contributed by atoms with van der Waals surface area (Å²) in [5, 5.41) is 0.653. The summed E-state index contributed by atoms with van der Waals surface area (Å²) in [5.41, 5.74) is 6.20. The highest BCUT2D eigenvalue weighted by Crippen LogP contribution is 2.35. The number of carbonyl (C=O) groups excluding carboxylic acids is 1. The fraction of sp³-hybridized carbons (Fsp3) is 0.417. The lowest BCUT2D eigenvalue weighted by Gasteiger charge is -2.21. The number of nitrogens with zero attached hydrogens (tertiary/aromatic N) is 2. The first kappa shape index (κ1) is 12.0. The minimum atomic E-state index is 0.337. The Kier molecular flexibility index (Phi) is 3.74. The van der Waals surface area contributed by atoms with Crippen LogP contribution in [-0.4, -0.2) is 17.1 Å². The third kappa shape index (κ3) is 2.82. The van der Waals surface area contributed by atoms with Crippen molar-refractivity contribution in [2.24, 2.45) is 10.7 Å². The summed E-state index contributed by atoms with van der Waals surface area (Å²) < 4.78 is 0. The maximum atomic E-state index is 11.2. The highest BCUT2D eigenvalue weighted by molar-refractivity contribution is 6.31. The summed E-state index contributed by atoms with van der Waals surface area (Å²) in [6.07, 6.45) is 5.94. The lowest BCUT2D eigenvalue weighted by molar-refractivity contribution is -0.120. The van der Waals surface area contributed by atoms with Gasteiger partial charge in [0.25, 0.3) is 0 Å². The van der Waals surface area contributed by atoms with E-state index in [-0.39, 0.29) is 0 Å². The number of aliphatic imine (C=N–C) groups is 1. The summed E-state index contributed by atoms with van der Waals surface area (Å²) >= 11 is 6.20. The van der Waals surface area contributed by atoms with E-state index in [1.165, 1.54) is 6.34 Å². The average Bonchev–Trinajstić information content (AvgIpc) is 2.31. The molecule has 1 saturated carbocycles. The molecule has 90 valence electrons. The van der Waals surface area contributed by atoms with Crippen molar-refractivity contribution in [2.75, 3.05) is 0 Å². The van der Waals surface area contributed by atoms with Crippen LogP contribution in [0.15, 0.2) is 17.3 Å². The Balaban J connectivity index is 2.18. The number of rotatable bonds is 2. The van der Waals surface area contributed by atoms with Gasteiger partial charge in [-0.25, -0.2) is 9.98 Å². The summed E-state index contributed by atoms with van der Waals surface area (Å²) in [7, 11) is 0. The van der Waals surface area contributed by atoms with E-state index in [1.807, 2.05) is 0 Å². The van der Waals surface area contributed by atoms with Gasteiger partial charge in [-0.15, -0.1) is 0 Å². The number of pyridine rings is 1. The van der Waals surface area contributed by atoms with Crippen LogP contribution in [-0.2, 0) is 4.79 Å². The molecule has 2 rings (SSSR count). The van der Waals surface area contributed by atoms with E-state index >= 15 is 0 Å². The number of aromatic nitrogens is 1. The lowest BCUT2D eigenvalue weighted by Crippen LogP contribution is -2.12. The zero-order valence-corrected chi connectivity index (χ0v) is 10.2. The van der Waals surface area contributed by atoms with E-state index in [4.69, 9.17) is 17.3 Å². The molecule has 0 unspecified atom stereocenters. The number of ketones is 1. The molecule has 0 atom stereocenters. The molecule has 2 N–H and O–H groups in total. The Bertz CT molecular complexity index is 449. The van der Waals surface area contributed by atoms with Crippen molar-refractivity contribution in [3.05, 3.63) is 22.8 Å². The van der Waals surface area contributed by atoms with Gasteiger partial charge in [-0.2, -0.15) is 0 Å². The molecular formula is C12H14ClN3O. The van der Waals surface area contributed by atoms with Gasteiger partial charge >= 0.3 is 0 Å². The first-order valence-electron chi connectivity index (χ1n) is 5.62. The standard InChI is InChI=1S/C12H14ClN3O/c13-11-5-12(16-7-14)15-6-10(11)8-1-3-9(17)4-2-8/h5-8H,1-4H2,(H2,14,15,16). The molecule has 1 fully saturated rings. The van der Waals surface area contributed by atoms with Crippen molar-refractivity contribution >= 4 is 29.5 Å². The van der Waals surface area contributed by atoms with Crippen molar-refractivity contribution < 1.29 is 4.79 Å². The van der Waals surface area contributed by atoms with Crippen LogP contribution in [0.2, 0.25) is 5.02 Å². The molecule has 4 nitrogen and oxygen atoms in total. The van der Waals surface area contributed by atoms with Crippen molar-refractivity contribution in [3.8, 4) is 0 Å². The fourth-order valence-corrected chi connectivity index (χ4v) is 2.43. The molecule has 1 aliphatic carbocycles. The normalized spacial score (nSPS) is 17.8. The predicted molar refractivity (Wildman–Crippen MR) is 67.8 cm³/mol. The van der Waals surface area contributed by atoms with Gasteiger partial charge in [0.1, 0.15) is 5.78 Å². The summed E-state index contributed by atoms with van der Waals surface area (Å²) in [6, 6.07) is 1.71. The largest absolute Gasteiger partial charge is 0.390 e. The Labute approximate surface area is 105 Å². The van der Waals surface area contributed by atoms with Crippen molar-refractivity contribution in [2.45, 2.75) is 31.6 Å². The fourth-order valence-electron chi connectivity index (χ4n) is 2.13. The molecule has 1 heterocycles. The number of nitrogens with two attached hydrogens (primary N) is 1. The van der Waals surface area contributed by atoms with Crippen LogP contribution in [0.4, 0.5) is 5.82 Å². The van der Waals surface area contributed by atoms with Crippen molar-refractivity contribution in [1.29, 1.82) is 0 Å². The predicted octanol–water partition coefficient (Wildman–Crippen LogP) is 2.58. The molecule has 0 bridgehead atoms. The SMILES string of the molecule is NC=Nc1cc(Cl)c(C2CCC(=O)CC2)cn1. The van der Waals surface area contributed by atoms with Gasteiger partial charge < -0.3 is 5.73 Å². The maximum absolute atomic E-state index is 11.2. The molecule has 0 spiro atoms. The van der Waals surface area contributed by atoms with Crippen LogP contribution in [0.3, 0.4) is 0 Å². The Morgan fingerprint density at radius 2 is 2.18 bits per heavy atom. The number of carbonyl (C=O) groups is 1. The number of hydrogen-bond donors (Lipinski definition) is 1. The molecule has 1 aromatic rings. The summed E-state index contributed by atoms with van der Waals surface area (Å²) in [6.45, 7) is 0. The van der Waals surface area contributed by atoms with Crippen LogP contribution in [0.1, 0.15) is 37.2 Å². The van der Waals surface area contributed by atoms with Crippen LogP contribution < -0.4 is 5.73 Å². The minimum absolute atomic E-state index is 0.337. The van der Waals surface area contributed by atoms with Gasteiger partial charge in [0.05, 0.1) is 6.34 Å². The quantitative estimate of drug-likeness (QED) is 0.649. The Morgan fingerprint density at radius 3 is 2.76 bits per heavy atom. The molecule has 0 saturated heterocycles. The van der Waals surface area contributed by atoms with E-state index in [0.717, 1.165) is 18.4 Å². The molecule has 1 aromatic heterocycles. The van der Waals surface area contributed by atoms with Gasteiger partial charge in [-0.3, -0.25) is 4.79 Å². The van der Waals surface area contributed by atoms with Crippen LogP contribution in [0.5, 0.6) is 0 Å². The number of halogens is 1. The van der Waals surface area contributed by atoms with Gasteiger partial charge in [0.2, 0.25) is 0 Å². The van der Waals surface area contributed by atoms with Crippen LogP contribution >= 0.6 is 11.6 Å². The number of hydrogen-bond acceptors (Lipinski definition) is 3. The van der Waals surface area contributed by atoms with Gasteiger partial charge in [0, 0.05) is 30.1 Å². The Morgan fingerprint density at radius 1 is 1.47 bits per heavy atom. The first-order valence-corrected chi connectivity index (χ1v) is 6.00. The minimum Gasteiger partial charge on any atom is -0.390 e. The second kappa shape index (κ2) is 5.27. The molecule has 0 radical (unpaired) electrons. The van der Waals surface area contributed by atoms with Crippen LogP contribution in [0.25, 0.3) is 0 Å². The zero-order chi connectivity index (χ0) is 12.3. The molecule has 0 aromatic carbocycles. The third-order valence-electron chi connectivity index (χ3n) is 3.06. The second-order valence-electron chi connectivity index (χ2n) is 4.16. The van der Waals surface area contributed by atoms with Crippen molar-refractivity contribution in [1.82, 2.24) is 4.98 Å². The molecule has 0 aliphatic heterocycles. The van der Waals surface area contributed by atoms with E-state index in [2.05, 4.69) is 9.98 Å². The lowest BCUT2D eigenvalue weighted by atomic mass is 9.84. The first-order chi connectivity index (χ1) is 8.20. The van der Waals surface area contributed by atoms with E-state index in [0.29, 0.717) is 35.4 Å². The third-order valence-corrected chi connectivity index (χ3v) is 3.38. The second-order valence-corrected chi connectivity index (χ2v) is 4.56. The molecular weight excluding hydrogens is 238 g/mol. The van der Waals surface area contributed by atoms with Crippen LogP contribution in [0, 0.1) is 0 Å². The smallest absolute Gasteiger partial charge is 0.154 e. The van der Waals surface area contributed by atoms with E-state index in [9.17, 15) is 4.79 Å². The average molecular weight is 252 g/mol. The summed E-state index contributed by atoms with van der Waals surface area (Å²) in [4.78, 5) is 19.2. The van der Waals surface area contributed by atoms with Gasteiger partial charge in [-0.05, 0) is 24.3 Å². The molecule has 5 heteroatoms. The van der Waals surface area contributed by atoms with Gasteiger partial charge in [0.15, 0.2) is 5.82 Å². The molecule has 17 heavy (non-hydrogen) atoms. The maximum Gasteiger partial charge on any atom is 0.154 e.